The summed E-state index contributed by atoms with van der Waals surface area (Å²) in [6.45, 7) is 5.12. The van der Waals surface area contributed by atoms with Crippen molar-refractivity contribution in [3.05, 3.63) is 29.6 Å². The molecular weight excluding hydrogens is 256 g/mol. The van der Waals surface area contributed by atoms with Crippen molar-refractivity contribution in [1.82, 2.24) is 20.5 Å². The van der Waals surface area contributed by atoms with Gasteiger partial charge in [0.15, 0.2) is 0 Å². The van der Waals surface area contributed by atoms with E-state index >= 15 is 0 Å². The van der Waals surface area contributed by atoms with Gasteiger partial charge in [-0.2, -0.15) is 0 Å². The van der Waals surface area contributed by atoms with E-state index in [0.29, 0.717) is 19.6 Å². The number of hydrogen-bond acceptors (Lipinski definition) is 4. The number of aryl methyl sites for hydroxylation is 1. The average molecular weight is 276 g/mol. The van der Waals surface area contributed by atoms with Crippen LogP contribution in [-0.4, -0.2) is 47.9 Å². The van der Waals surface area contributed by atoms with Crippen LogP contribution in [0.1, 0.15) is 17.5 Å². The number of rotatable bonds is 2. The van der Waals surface area contributed by atoms with E-state index in [4.69, 9.17) is 0 Å². The van der Waals surface area contributed by atoms with E-state index in [2.05, 4.69) is 15.6 Å². The Hall–Kier alpha value is -1.95. The first-order valence-corrected chi connectivity index (χ1v) is 6.86. The predicted octanol–water partition coefficient (Wildman–Crippen LogP) is -0.172. The topological polar surface area (TPSA) is 74.3 Å². The fourth-order valence-corrected chi connectivity index (χ4v) is 2.14. The van der Waals surface area contributed by atoms with Gasteiger partial charge in [0.25, 0.3) is 0 Å². The molecule has 20 heavy (non-hydrogen) atoms. The van der Waals surface area contributed by atoms with E-state index < -0.39 is 11.8 Å². The van der Waals surface area contributed by atoms with Crippen molar-refractivity contribution in [2.24, 2.45) is 0 Å². The Bertz CT molecular complexity index is 482. The van der Waals surface area contributed by atoms with Crippen LogP contribution in [0.4, 0.5) is 0 Å². The van der Waals surface area contributed by atoms with Gasteiger partial charge in [0.05, 0.1) is 0 Å². The molecule has 0 aliphatic carbocycles. The minimum Gasteiger partial charge on any atom is -0.344 e. The molecule has 1 saturated heterocycles. The number of carbonyl (C=O) groups excluding carboxylic acids is 2. The number of pyridine rings is 1. The van der Waals surface area contributed by atoms with Crippen molar-refractivity contribution in [2.45, 2.75) is 19.9 Å². The zero-order valence-corrected chi connectivity index (χ0v) is 11.7. The molecule has 2 amide bonds. The van der Waals surface area contributed by atoms with Crippen molar-refractivity contribution in [2.75, 3.05) is 26.2 Å². The Kier molecular flexibility index (Phi) is 5.06. The van der Waals surface area contributed by atoms with Crippen LogP contribution < -0.4 is 10.6 Å². The molecule has 2 rings (SSSR count). The highest BCUT2D eigenvalue weighted by molar-refractivity contribution is 6.34. The van der Waals surface area contributed by atoms with E-state index in [1.54, 1.807) is 17.3 Å². The first-order chi connectivity index (χ1) is 9.68. The minimum absolute atomic E-state index is 0.352. The summed E-state index contributed by atoms with van der Waals surface area (Å²) in [4.78, 5) is 29.5. The van der Waals surface area contributed by atoms with Crippen LogP contribution in [0.3, 0.4) is 0 Å². The maximum absolute atomic E-state index is 12.0. The minimum atomic E-state index is -0.539. The highest BCUT2D eigenvalue weighted by Crippen LogP contribution is 2.04. The number of aromatic nitrogens is 1. The average Bonchev–Trinajstić information content (AvgIpc) is 2.74. The molecule has 0 atom stereocenters. The zero-order valence-electron chi connectivity index (χ0n) is 11.7. The number of nitrogens with zero attached hydrogens (tertiary/aromatic N) is 2. The van der Waals surface area contributed by atoms with Gasteiger partial charge in [-0.15, -0.1) is 0 Å². The Labute approximate surface area is 118 Å². The van der Waals surface area contributed by atoms with Crippen molar-refractivity contribution in [1.29, 1.82) is 0 Å². The molecule has 1 fully saturated rings. The summed E-state index contributed by atoms with van der Waals surface area (Å²) < 4.78 is 0. The lowest BCUT2D eigenvalue weighted by Crippen LogP contribution is -2.44. The molecule has 6 heteroatoms. The number of carbonyl (C=O) groups is 2. The summed E-state index contributed by atoms with van der Waals surface area (Å²) in [7, 11) is 0. The lowest BCUT2D eigenvalue weighted by Gasteiger charge is -2.19. The molecule has 1 aliphatic rings. The Balaban J connectivity index is 1.88. The Morgan fingerprint density at radius 2 is 2.25 bits per heavy atom. The van der Waals surface area contributed by atoms with Gasteiger partial charge in [0.2, 0.25) is 0 Å². The molecule has 1 aromatic heterocycles. The SMILES string of the molecule is Cc1cnccc1CNC(=O)C(=O)N1CCCNCC1. The molecule has 108 valence electrons. The van der Waals surface area contributed by atoms with E-state index in [-0.39, 0.29) is 0 Å². The second-order valence-corrected chi connectivity index (χ2v) is 4.88. The standard InChI is InChI=1S/C14H20N4O2/c1-11-9-16-5-3-12(11)10-17-13(19)14(20)18-7-2-4-15-6-8-18/h3,5,9,15H,2,4,6-8,10H2,1H3,(H,17,19). The van der Waals surface area contributed by atoms with Crippen LogP contribution in [0.5, 0.6) is 0 Å². The van der Waals surface area contributed by atoms with Crippen LogP contribution in [0.15, 0.2) is 18.5 Å². The van der Waals surface area contributed by atoms with Crippen LogP contribution in [-0.2, 0) is 16.1 Å². The van der Waals surface area contributed by atoms with Crippen LogP contribution in [0, 0.1) is 6.92 Å². The van der Waals surface area contributed by atoms with Gasteiger partial charge in [-0.3, -0.25) is 14.6 Å². The highest BCUT2D eigenvalue weighted by Gasteiger charge is 2.22. The van der Waals surface area contributed by atoms with Crippen molar-refractivity contribution in [3.8, 4) is 0 Å². The molecule has 0 aromatic carbocycles. The summed E-state index contributed by atoms with van der Waals surface area (Å²) in [5.41, 5.74) is 1.97. The van der Waals surface area contributed by atoms with E-state index in [0.717, 1.165) is 30.6 Å². The third kappa shape index (κ3) is 3.77. The molecule has 0 unspecified atom stereocenters. The molecule has 6 nitrogen and oxygen atoms in total. The molecule has 0 spiro atoms. The van der Waals surface area contributed by atoms with Crippen molar-refractivity contribution in [3.63, 3.8) is 0 Å². The molecule has 0 saturated carbocycles. The lowest BCUT2D eigenvalue weighted by molar-refractivity contribution is -0.145. The highest BCUT2D eigenvalue weighted by atomic mass is 16.2. The molecule has 2 heterocycles. The van der Waals surface area contributed by atoms with Crippen LogP contribution in [0.2, 0.25) is 0 Å². The van der Waals surface area contributed by atoms with Crippen molar-refractivity contribution < 1.29 is 9.59 Å². The summed E-state index contributed by atoms with van der Waals surface area (Å²) in [5, 5.41) is 5.88. The van der Waals surface area contributed by atoms with E-state index in [9.17, 15) is 9.59 Å². The summed E-state index contributed by atoms with van der Waals surface area (Å²) >= 11 is 0. The van der Waals surface area contributed by atoms with E-state index in [1.807, 2.05) is 13.0 Å². The molecule has 1 aliphatic heterocycles. The van der Waals surface area contributed by atoms with Gasteiger partial charge in [0, 0.05) is 38.6 Å². The maximum atomic E-state index is 12.0. The van der Waals surface area contributed by atoms with E-state index in [1.165, 1.54) is 0 Å². The third-order valence-electron chi connectivity index (χ3n) is 3.40. The summed E-state index contributed by atoms with van der Waals surface area (Å²) in [5.74, 6) is -0.983. The Morgan fingerprint density at radius 1 is 1.40 bits per heavy atom. The molecule has 0 radical (unpaired) electrons. The first-order valence-electron chi connectivity index (χ1n) is 6.86. The molecular formula is C14H20N4O2. The number of amides is 2. The summed E-state index contributed by atoms with van der Waals surface area (Å²) in [6, 6.07) is 1.84. The van der Waals surface area contributed by atoms with Gasteiger partial charge in [-0.1, -0.05) is 0 Å². The maximum Gasteiger partial charge on any atom is 0.311 e. The largest absolute Gasteiger partial charge is 0.344 e. The number of nitrogens with one attached hydrogen (secondary N) is 2. The summed E-state index contributed by atoms with van der Waals surface area (Å²) in [6.07, 6.45) is 4.29. The fraction of sp³-hybridized carbons (Fsp3) is 0.500. The van der Waals surface area contributed by atoms with Gasteiger partial charge < -0.3 is 15.5 Å². The quantitative estimate of drug-likeness (QED) is 0.735. The molecule has 2 N–H and O–H groups in total. The van der Waals surface area contributed by atoms with Gasteiger partial charge in [-0.05, 0) is 37.1 Å². The second-order valence-electron chi connectivity index (χ2n) is 4.88. The van der Waals surface area contributed by atoms with Gasteiger partial charge in [-0.25, -0.2) is 0 Å². The third-order valence-corrected chi connectivity index (χ3v) is 3.40. The number of hydrogen-bond donors (Lipinski definition) is 2. The lowest BCUT2D eigenvalue weighted by atomic mass is 10.1. The zero-order chi connectivity index (χ0) is 14.4. The monoisotopic (exact) mass is 276 g/mol. The van der Waals surface area contributed by atoms with Gasteiger partial charge >= 0.3 is 11.8 Å². The Morgan fingerprint density at radius 3 is 3.05 bits per heavy atom. The first kappa shape index (κ1) is 14.5. The van der Waals surface area contributed by atoms with Crippen LogP contribution >= 0.6 is 0 Å². The van der Waals surface area contributed by atoms with Crippen molar-refractivity contribution >= 4 is 11.8 Å². The van der Waals surface area contributed by atoms with Gasteiger partial charge in [0.1, 0.15) is 0 Å². The molecule has 1 aromatic rings. The van der Waals surface area contributed by atoms with Crippen LogP contribution in [0.25, 0.3) is 0 Å². The molecule has 0 bridgehead atoms. The fourth-order valence-electron chi connectivity index (χ4n) is 2.14. The smallest absolute Gasteiger partial charge is 0.311 e. The normalized spacial score (nSPS) is 15.6. The predicted molar refractivity (Wildman–Crippen MR) is 74.9 cm³/mol. The second kappa shape index (κ2) is 7.00.